The van der Waals surface area contributed by atoms with E-state index in [1.54, 1.807) is 30.5 Å². The second-order valence-electron chi connectivity index (χ2n) is 13.1. The Morgan fingerprint density at radius 3 is 2.51 bits per heavy atom. The number of benzene rings is 3. The molecule has 0 amide bonds. The van der Waals surface area contributed by atoms with Gasteiger partial charge in [-0.2, -0.15) is 10.5 Å². The molecule has 2 heterocycles. The molecule has 0 spiro atoms. The van der Waals surface area contributed by atoms with E-state index < -0.39 is 18.1 Å². The lowest BCUT2D eigenvalue weighted by molar-refractivity contribution is -0.145. The second kappa shape index (κ2) is 18.0. The van der Waals surface area contributed by atoms with Crippen LogP contribution in [0.25, 0.3) is 11.1 Å². The maximum Gasteiger partial charge on any atom is 0.326 e. The van der Waals surface area contributed by atoms with Crippen LogP contribution < -0.4 is 19.5 Å². The Hall–Kier alpha value is -5.21. The van der Waals surface area contributed by atoms with E-state index in [-0.39, 0.29) is 30.9 Å². The molecule has 0 aliphatic carbocycles. The lowest BCUT2D eigenvalue weighted by Gasteiger charge is -2.25. The Morgan fingerprint density at radius 2 is 1.79 bits per heavy atom. The van der Waals surface area contributed by atoms with Crippen molar-refractivity contribution in [3.8, 4) is 40.5 Å². The molecule has 4 aromatic rings. The van der Waals surface area contributed by atoms with Crippen molar-refractivity contribution in [2.45, 2.75) is 58.1 Å². The molecule has 53 heavy (non-hydrogen) atoms. The van der Waals surface area contributed by atoms with E-state index in [1.807, 2.05) is 37.3 Å². The summed E-state index contributed by atoms with van der Waals surface area (Å²) < 4.78 is 18.5. The van der Waals surface area contributed by atoms with Gasteiger partial charge in [0.2, 0.25) is 0 Å². The van der Waals surface area contributed by atoms with Gasteiger partial charge in [-0.3, -0.25) is 15.1 Å². The van der Waals surface area contributed by atoms with E-state index in [4.69, 9.17) is 25.8 Å². The van der Waals surface area contributed by atoms with Crippen molar-refractivity contribution < 1.29 is 34.3 Å². The third-order valence-corrected chi connectivity index (χ3v) is 9.57. The monoisotopic (exact) mass is 739 g/mol. The number of nitriles is 2. The third kappa shape index (κ3) is 9.82. The van der Waals surface area contributed by atoms with Crippen molar-refractivity contribution in [3.05, 3.63) is 105 Å². The molecular weight excluding hydrogens is 698 g/mol. The number of ether oxygens (including phenoxy) is 3. The molecule has 13 heteroatoms. The van der Waals surface area contributed by atoms with Crippen LogP contribution in [-0.4, -0.2) is 75.7 Å². The van der Waals surface area contributed by atoms with Crippen LogP contribution >= 0.6 is 11.6 Å². The van der Waals surface area contributed by atoms with Gasteiger partial charge in [-0.15, -0.1) is 0 Å². The van der Waals surface area contributed by atoms with Gasteiger partial charge in [-0.1, -0.05) is 41.9 Å². The van der Waals surface area contributed by atoms with E-state index >= 15 is 0 Å². The first kappa shape index (κ1) is 39.0. The van der Waals surface area contributed by atoms with Crippen LogP contribution in [0.5, 0.6) is 17.2 Å². The van der Waals surface area contributed by atoms with Gasteiger partial charge in [-0.25, -0.2) is 0 Å². The SMILES string of the molecule is Cc1c(COc2cc(OCc3cncc(C#N)c3)c(CN[C@](C)(CO)C(=O)O)cc2Cl)cccc1-c1cccc(OCCCN2CC[C@@H](O)C2)c1C#N. The fourth-order valence-electron chi connectivity index (χ4n) is 6.00. The summed E-state index contributed by atoms with van der Waals surface area (Å²) in [4.78, 5) is 18.1. The fraction of sp³-hybridized carbons (Fsp3) is 0.350. The molecule has 0 unspecified atom stereocenters. The predicted octanol–water partition coefficient (Wildman–Crippen LogP) is 5.37. The van der Waals surface area contributed by atoms with Gasteiger partial charge in [0.15, 0.2) is 0 Å². The Morgan fingerprint density at radius 1 is 1.02 bits per heavy atom. The Bertz CT molecular complexity index is 2010. The molecule has 276 valence electrons. The zero-order chi connectivity index (χ0) is 38.0. The van der Waals surface area contributed by atoms with Gasteiger partial charge in [0.1, 0.15) is 53.7 Å². The Balaban J connectivity index is 1.34. The smallest absolute Gasteiger partial charge is 0.326 e. The van der Waals surface area contributed by atoms with Crippen molar-refractivity contribution in [2.24, 2.45) is 0 Å². The molecule has 1 aliphatic rings. The third-order valence-electron chi connectivity index (χ3n) is 9.27. The molecule has 12 nitrogen and oxygen atoms in total. The van der Waals surface area contributed by atoms with Crippen molar-refractivity contribution in [3.63, 3.8) is 0 Å². The van der Waals surface area contributed by atoms with Gasteiger partial charge in [-0.05, 0) is 61.6 Å². The molecular formula is C40H42ClN5O7. The number of β-amino-alcohol motifs (C(OH)–C–C–N with tert-alkyl or cyclic N) is 1. The minimum atomic E-state index is -1.61. The van der Waals surface area contributed by atoms with Crippen LogP contribution in [0.2, 0.25) is 5.02 Å². The highest BCUT2D eigenvalue weighted by Gasteiger charge is 2.32. The van der Waals surface area contributed by atoms with Crippen LogP contribution in [0.15, 0.2) is 67.0 Å². The van der Waals surface area contributed by atoms with Gasteiger partial charge >= 0.3 is 5.97 Å². The number of aliphatic hydroxyl groups is 2. The largest absolute Gasteiger partial charge is 0.492 e. The lowest BCUT2D eigenvalue weighted by Crippen LogP contribution is -2.52. The van der Waals surface area contributed by atoms with Crippen molar-refractivity contribution in [1.82, 2.24) is 15.2 Å². The number of nitrogens with one attached hydrogen (secondary N) is 1. The average molecular weight is 740 g/mol. The molecule has 1 aromatic heterocycles. The minimum absolute atomic E-state index is 0.00289. The number of carbonyl (C=O) groups is 1. The van der Waals surface area contributed by atoms with Gasteiger partial charge in [0.25, 0.3) is 0 Å². The standard InChI is InChI=1S/C40H42ClN5O7/c1-26-29(6-3-7-32(26)33-8-4-9-36(34(33)18-43)51-13-5-11-46-12-10-31(48)22-46)24-53-38-16-37(52-23-28-14-27(17-42)19-44-20-28)30(15-35(38)41)21-45-40(2,25-47)39(49)50/h3-4,6-9,14-16,19-20,31,45,47-48H,5,10-13,21-25H2,1-2H3,(H,49,50)/t31-,40-/m1/s1. The van der Waals surface area contributed by atoms with Crippen molar-refractivity contribution in [2.75, 3.05) is 32.8 Å². The number of hydrogen-bond donors (Lipinski definition) is 4. The maximum atomic E-state index is 11.8. The molecule has 5 rings (SSSR count). The highest BCUT2D eigenvalue weighted by atomic mass is 35.5. The Kier molecular flexibility index (Phi) is 13.3. The summed E-state index contributed by atoms with van der Waals surface area (Å²) in [5, 5.41) is 51.8. The molecule has 1 aliphatic heterocycles. The van der Waals surface area contributed by atoms with Crippen molar-refractivity contribution in [1.29, 1.82) is 10.5 Å². The number of halogens is 1. The zero-order valence-corrected chi connectivity index (χ0v) is 30.4. The number of aliphatic hydroxyl groups excluding tert-OH is 2. The topological polar surface area (TPSA) is 181 Å². The fourth-order valence-corrected chi connectivity index (χ4v) is 6.24. The van der Waals surface area contributed by atoms with Crippen molar-refractivity contribution >= 4 is 17.6 Å². The maximum absolute atomic E-state index is 11.8. The van der Waals surface area contributed by atoms with E-state index in [2.05, 4.69) is 27.3 Å². The molecule has 0 radical (unpaired) electrons. The van der Waals surface area contributed by atoms with Crippen LogP contribution in [0.4, 0.5) is 0 Å². The summed E-state index contributed by atoms with van der Waals surface area (Å²) in [5.74, 6) is -0.0382. The predicted molar refractivity (Wildman–Crippen MR) is 198 cm³/mol. The van der Waals surface area contributed by atoms with Crippen LogP contribution in [0, 0.1) is 29.6 Å². The van der Waals surface area contributed by atoms with Gasteiger partial charge in [0, 0.05) is 61.3 Å². The number of hydrogen-bond acceptors (Lipinski definition) is 11. The Labute approximate surface area is 313 Å². The summed E-state index contributed by atoms with van der Waals surface area (Å²) in [7, 11) is 0. The molecule has 1 fully saturated rings. The summed E-state index contributed by atoms with van der Waals surface area (Å²) in [5.41, 5.74) is 3.73. The summed E-state index contributed by atoms with van der Waals surface area (Å²) in [6.07, 6.45) is 4.33. The van der Waals surface area contributed by atoms with Gasteiger partial charge in [0.05, 0.1) is 29.9 Å². The molecule has 3 aromatic carbocycles. The molecule has 2 atom stereocenters. The summed E-state index contributed by atoms with van der Waals surface area (Å²) >= 11 is 6.71. The van der Waals surface area contributed by atoms with E-state index in [1.165, 1.54) is 13.1 Å². The van der Waals surface area contributed by atoms with Gasteiger partial charge < -0.3 is 34.4 Å². The number of aromatic nitrogens is 1. The normalized spacial score (nSPS) is 15.3. The highest BCUT2D eigenvalue weighted by molar-refractivity contribution is 6.32. The first-order chi connectivity index (χ1) is 25.5. The van der Waals surface area contributed by atoms with Crippen LogP contribution in [-0.2, 0) is 24.6 Å². The lowest BCUT2D eigenvalue weighted by atomic mass is 9.93. The number of nitrogens with zero attached hydrogens (tertiary/aromatic N) is 4. The number of aliphatic carboxylic acids is 1. The molecule has 4 N–H and O–H groups in total. The van der Waals surface area contributed by atoms with Crippen LogP contribution in [0.1, 0.15) is 53.1 Å². The molecule has 0 bridgehead atoms. The van der Waals surface area contributed by atoms with Crippen LogP contribution in [0.3, 0.4) is 0 Å². The average Bonchev–Trinajstić information content (AvgIpc) is 3.59. The first-order valence-corrected chi connectivity index (χ1v) is 17.6. The number of pyridine rings is 1. The highest BCUT2D eigenvalue weighted by Crippen LogP contribution is 2.36. The minimum Gasteiger partial charge on any atom is -0.492 e. The quantitative estimate of drug-likeness (QED) is 0.102. The molecule has 1 saturated heterocycles. The number of likely N-dealkylation sites (tertiary alicyclic amines) is 1. The molecule has 0 saturated carbocycles. The van der Waals surface area contributed by atoms with E-state index in [9.17, 15) is 30.6 Å². The first-order valence-electron chi connectivity index (χ1n) is 17.2. The summed E-state index contributed by atoms with van der Waals surface area (Å²) in [6, 6.07) is 20.6. The second-order valence-corrected chi connectivity index (χ2v) is 13.5. The van der Waals surface area contributed by atoms with E-state index in [0.29, 0.717) is 52.7 Å². The number of carboxylic acid groups (broad SMARTS) is 1. The summed E-state index contributed by atoms with van der Waals surface area (Å²) in [6.45, 7) is 5.70. The van der Waals surface area contributed by atoms with E-state index in [0.717, 1.165) is 48.2 Å². The zero-order valence-electron chi connectivity index (χ0n) is 29.6. The number of rotatable bonds is 17. The number of carboxylic acids is 1.